The van der Waals surface area contributed by atoms with E-state index >= 15 is 0 Å². The van der Waals surface area contributed by atoms with Gasteiger partial charge in [0.2, 0.25) is 23.6 Å². The highest BCUT2D eigenvalue weighted by Gasteiger charge is 2.49. The van der Waals surface area contributed by atoms with E-state index in [1.54, 1.807) is 48.5 Å². The lowest BCUT2D eigenvalue weighted by Crippen LogP contribution is -2.41. The molecule has 0 aromatic rings. The molecule has 0 spiro atoms. The number of hydrogen-bond acceptors (Lipinski definition) is 11. The molecule has 266 valence electrons. The molecule has 14 nitrogen and oxygen atoms in total. The van der Waals surface area contributed by atoms with Crippen LogP contribution in [0.1, 0.15) is 108 Å². The molecule has 0 saturated carbocycles. The molecule has 2 rings (SSSR count). The zero-order chi connectivity index (χ0) is 35.7. The van der Waals surface area contributed by atoms with Crippen molar-refractivity contribution in [3.8, 4) is 0 Å². The molecular formula is C29H52N2O12P2S. The van der Waals surface area contributed by atoms with Gasteiger partial charge in [0.05, 0.1) is 28.7 Å². The van der Waals surface area contributed by atoms with Crippen molar-refractivity contribution in [2.75, 3.05) is 19.7 Å². The average molecular weight is 715 g/mol. The predicted octanol–water partition coefficient (Wildman–Crippen LogP) is 5.00. The first-order valence-corrected chi connectivity index (χ1v) is 19.2. The fraction of sp³-hybridized carbons (Fsp3) is 0.862. The molecule has 2 fully saturated rings. The van der Waals surface area contributed by atoms with E-state index in [9.17, 15) is 38.1 Å². The van der Waals surface area contributed by atoms with Gasteiger partial charge < -0.3 is 19.0 Å². The molecule has 0 aromatic carbocycles. The molecule has 0 aromatic heterocycles. The van der Waals surface area contributed by atoms with E-state index in [0.717, 1.165) is 9.80 Å². The Hall–Kier alpha value is -1.15. The summed E-state index contributed by atoms with van der Waals surface area (Å²) in [7, 11) is -8.83. The van der Waals surface area contributed by atoms with Gasteiger partial charge in [0.15, 0.2) is 5.34 Å². The third-order valence-electron chi connectivity index (χ3n) is 7.18. The van der Waals surface area contributed by atoms with Crippen LogP contribution in [0.25, 0.3) is 0 Å². The third kappa shape index (κ3) is 12.1. The molecule has 3 unspecified atom stereocenters. The van der Waals surface area contributed by atoms with E-state index in [1.807, 2.05) is 13.8 Å². The summed E-state index contributed by atoms with van der Waals surface area (Å²) in [5.41, 5.74) is -3.24. The van der Waals surface area contributed by atoms with Crippen LogP contribution in [0.3, 0.4) is 0 Å². The SMILES string of the molecule is CC(C)(C)OP(=O)(O)OC(C)(C)CCOC(C)(C)P(=O)(O)OC(C)(C)CC(C)(C)SC1CC(=O)N(CCN2C(=O)CCC2=O)C1=O. The number of carbonyl (C=O) groups excluding carboxylic acids is 4. The fourth-order valence-corrected chi connectivity index (χ4v) is 9.64. The van der Waals surface area contributed by atoms with Crippen molar-refractivity contribution in [2.24, 2.45) is 0 Å². The minimum absolute atomic E-state index is 0.0290. The van der Waals surface area contributed by atoms with E-state index in [2.05, 4.69) is 0 Å². The Morgan fingerprint density at radius 1 is 0.761 bits per heavy atom. The lowest BCUT2D eigenvalue weighted by Gasteiger charge is -2.40. The molecule has 17 heteroatoms. The van der Waals surface area contributed by atoms with Gasteiger partial charge in [-0.1, -0.05) is 13.8 Å². The molecule has 2 aliphatic rings. The average Bonchev–Trinajstić information content (AvgIpc) is 3.24. The van der Waals surface area contributed by atoms with Crippen molar-refractivity contribution in [3.63, 3.8) is 0 Å². The molecule has 4 amide bonds. The maximum absolute atomic E-state index is 13.5. The number of imide groups is 2. The van der Waals surface area contributed by atoms with Crippen LogP contribution in [0.5, 0.6) is 0 Å². The van der Waals surface area contributed by atoms with Crippen molar-refractivity contribution in [3.05, 3.63) is 0 Å². The number of likely N-dealkylation sites (tertiary alicyclic amines) is 2. The Morgan fingerprint density at radius 2 is 1.28 bits per heavy atom. The summed E-state index contributed by atoms with van der Waals surface area (Å²) < 4.78 is 47.2. The molecular weight excluding hydrogens is 662 g/mol. The number of thioether (sulfide) groups is 1. The van der Waals surface area contributed by atoms with Crippen molar-refractivity contribution < 1.29 is 56.4 Å². The second-order valence-corrected chi connectivity index (χ2v) is 20.5. The summed E-state index contributed by atoms with van der Waals surface area (Å²) in [6, 6.07) is 0. The monoisotopic (exact) mass is 714 g/mol. The summed E-state index contributed by atoms with van der Waals surface area (Å²) in [5.74, 6) is -1.42. The zero-order valence-electron chi connectivity index (χ0n) is 28.9. The Morgan fingerprint density at radius 3 is 1.80 bits per heavy atom. The maximum Gasteiger partial charge on any atom is 0.473 e. The third-order valence-corrected chi connectivity index (χ3v) is 12.4. The Labute approximate surface area is 276 Å². The minimum Gasteiger partial charge on any atom is -0.363 e. The number of phosphoric ester groups is 1. The summed E-state index contributed by atoms with van der Waals surface area (Å²) in [6.07, 6.45) is 0.539. The second-order valence-electron chi connectivity index (χ2n) is 15.0. The highest BCUT2D eigenvalue weighted by molar-refractivity contribution is 8.02. The number of phosphoric acid groups is 1. The van der Waals surface area contributed by atoms with Crippen LogP contribution in [0, 0.1) is 0 Å². The highest BCUT2D eigenvalue weighted by Crippen LogP contribution is 2.59. The van der Waals surface area contributed by atoms with Gasteiger partial charge in [0, 0.05) is 37.1 Å². The molecule has 0 radical (unpaired) electrons. The first kappa shape index (κ1) is 41.0. The molecule has 0 aliphatic carbocycles. The zero-order valence-corrected chi connectivity index (χ0v) is 31.5. The number of hydrogen-bond donors (Lipinski definition) is 2. The number of carbonyl (C=O) groups is 4. The van der Waals surface area contributed by atoms with Crippen molar-refractivity contribution >= 4 is 50.8 Å². The quantitative estimate of drug-likeness (QED) is 0.152. The lowest BCUT2D eigenvalue weighted by atomic mass is 9.96. The van der Waals surface area contributed by atoms with Gasteiger partial charge in [-0.25, -0.2) is 4.57 Å². The van der Waals surface area contributed by atoms with Gasteiger partial charge in [-0.15, -0.1) is 11.8 Å². The molecule has 2 N–H and O–H groups in total. The van der Waals surface area contributed by atoms with Crippen molar-refractivity contribution in [2.45, 2.75) is 140 Å². The van der Waals surface area contributed by atoms with E-state index in [0.29, 0.717) is 0 Å². The van der Waals surface area contributed by atoms with E-state index in [4.69, 9.17) is 18.3 Å². The van der Waals surface area contributed by atoms with Crippen LogP contribution < -0.4 is 0 Å². The van der Waals surface area contributed by atoms with Gasteiger partial charge in [0.25, 0.3) is 0 Å². The summed E-state index contributed by atoms with van der Waals surface area (Å²) >= 11 is 1.26. The number of nitrogens with zero attached hydrogens (tertiary/aromatic N) is 2. The molecule has 2 saturated heterocycles. The van der Waals surface area contributed by atoms with E-state index < -0.39 is 53.5 Å². The molecule has 3 atom stereocenters. The Bertz CT molecular complexity index is 1260. The van der Waals surface area contributed by atoms with Crippen LogP contribution in [-0.4, -0.2) is 95.1 Å². The highest BCUT2D eigenvalue weighted by atomic mass is 32.2. The summed E-state index contributed by atoms with van der Waals surface area (Å²) in [6.45, 7) is 17.6. The molecule has 46 heavy (non-hydrogen) atoms. The van der Waals surface area contributed by atoms with Crippen molar-refractivity contribution in [1.29, 1.82) is 0 Å². The fourth-order valence-electron chi connectivity index (χ4n) is 5.33. The van der Waals surface area contributed by atoms with Crippen LogP contribution in [0.4, 0.5) is 0 Å². The Balaban J connectivity index is 1.96. The topological polar surface area (TPSA) is 186 Å². The standard InChI is InChI=1S/C29H52N2O12P2S/c1-25(2,3)41-45(38,39)43-26(4,5)14-17-40-29(10,11)44(36,37)42-27(6,7)19-28(8,9)46-20-18-23(34)31(24(20)35)16-15-30-21(32)12-13-22(30)33/h20H,12-19H2,1-11H3,(H,36,37)(H,38,39). The van der Waals surface area contributed by atoms with Crippen LogP contribution in [0.2, 0.25) is 0 Å². The summed E-state index contributed by atoms with van der Waals surface area (Å²) in [4.78, 5) is 72.9. The van der Waals surface area contributed by atoms with Crippen LogP contribution >= 0.6 is 27.2 Å². The normalized spacial score (nSPS) is 21.7. The number of amides is 4. The number of ether oxygens (including phenoxy) is 1. The summed E-state index contributed by atoms with van der Waals surface area (Å²) in [5, 5.41) is -2.35. The van der Waals surface area contributed by atoms with Crippen LogP contribution in [-0.2, 0) is 46.6 Å². The van der Waals surface area contributed by atoms with Gasteiger partial charge >= 0.3 is 15.4 Å². The molecule has 2 heterocycles. The number of rotatable bonds is 17. The van der Waals surface area contributed by atoms with E-state index in [-0.39, 0.29) is 69.5 Å². The predicted molar refractivity (Wildman–Crippen MR) is 173 cm³/mol. The first-order chi connectivity index (χ1) is 20.5. The first-order valence-electron chi connectivity index (χ1n) is 15.2. The largest absolute Gasteiger partial charge is 0.473 e. The smallest absolute Gasteiger partial charge is 0.363 e. The minimum atomic E-state index is -4.44. The van der Waals surface area contributed by atoms with Gasteiger partial charge in [0.1, 0.15) is 0 Å². The van der Waals surface area contributed by atoms with Gasteiger partial charge in [-0.3, -0.25) is 42.6 Å². The van der Waals surface area contributed by atoms with E-state index in [1.165, 1.54) is 25.6 Å². The second kappa shape index (κ2) is 14.4. The van der Waals surface area contributed by atoms with Gasteiger partial charge in [-0.2, -0.15) is 0 Å². The van der Waals surface area contributed by atoms with Gasteiger partial charge in [-0.05, 0) is 75.2 Å². The molecule has 0 bridgehead atoms. The van der Waals surface area contributed by atoms with Crippen molar-refractivity contribution in [1.82, 2.24) is 9.80 Å². The lowest BCUT2D eigenvalue weighted by molar-refractivity contribution is -0.143. The maximum atomic E-state index is 13.5. The Kier molecular flexibility index (Phi) is 12.8. The molecule has 2 aliphatic heterocycles. The van der Waals surface area contributed by atoms with Crippen LogP contribution in [0.15, 0.2) is 0 Å².